The SMILES string of the molecule is CCCCOc1cc(O)c2c(=O)c3ccccc3oc2c1. The summed E-state index contributed by atoms with van der Waals surface area (Å²) >= 11 is 0. The van der Waals surface area contributed by atoms with Gasteiger partial charge in [-0.3, -0.25) is 4.79 Å². The first-order valence-corrected chi connectivity index (χ1v) is 7.02. The van der Waals surface area contributed by atoms with Crippen LogP contribution in [-0.2, 0) is 0 Å². The van der Waals surface area contributed by atoms with Gasteiger partial charge in [-0.2, -0.15) is 0 Å². The van der Waals surface area contributed by atoms with Gasteiger partial charge >= 0.3 is 0 Å². The Morgan fingerprint density at radius 1 is 1.19 bits per heavy atom. The molecule has 0 atom stereocenters. The van der Waals surface area contributed by atoms with Crippen molar-refractivity contribution in [2.24, 2.45) is 0 Å². The standard InChI is InChI=1S/C17H16O4/c1-2-3-8-20-11-9-13(18)16-15(10-11)21-14-7-5-4-6-12(14)17(16)19/h4-7,9-10,18H,2-3,8H2,1H3. The van der Waals surface area contributed by atoms with E-state index >= 15 is 0 Å². The molecule has 0 aliphatic rings. The van der Waals surface area contributed by atoms with Crippen LogP contribution in [0.3, 0.4) is 0 Å². The van der Waals surface area contributed by atoms with E-state index in [-0.39, 0.29) is 16.6 Å². The second-order valence-electron chi connectivity index (χ2n) is 4.94. The number of ether oxygens (including phenoxy) is 1. The molecular formula is C17H16O4. The molecule has 0 bridgehead atoms. The minimum atomic E-state index is -0.232. The molecule has 108 valence electrons. The number of phenols is 1. The molecule has 0 aliphatic carbocycles. The largest absolute Gasteiger partial charge is 0.507 e. The van der Waals surface area contributed by atoms with Crippen molar-refractivity contribution in [1.29, 1.82) is 0 Å². The van der Waals surface area contributed by atoms with Gasteiger partial charge < -0.3 is 14.3 Å². The van der Waals surface area contributed by atoms with E-state index in [0.717, 1.165) is 12.8 Å². The number of fused-ring (bicyclic) bond motifs is 2. The molecule has 4 nitrogen and oxygen atoms in total. The van der Waals surface area contributed by atoms with Gasteiger partial charge in [-0.05, 0) is 18.6 Å². The highest BCUT2D eigenvalue weighted by Crippen LogP contribution is 2.30. The quantitative estimate of drug-likeness (QED) is 0.584. The molecule has 3 rings (SSSR count). The van der Waals surface area contributed by atoms with Gasteiger partial charge in [0, 0.05) is 12.1 Å². The van der Waals surface area contributed by atoms with Crippen LogP contribution in [0.25, 0.3) is 21.9 Å². The topological polar surface area (TPSA) is 59.7 Å². The van der Waals surface area contributed by atoms with Gasteiger partial charge in [-0.1, -0.05) is 25.5 Å². The summed E-state index contributed by atoms with van der Waals surface area (Å²) in [4.78, 5) is 12.4. The zero-order chi connectivity index (χ0) is 14.8. The van der Waals surface area contributed by atoms with E-state index in [2.05, 4.69) is 6.92 Å². The van der Waals surface area contributed by atoms with Gasteiger partial charge in [-0.15, -0.1) is 0 Å². The highest BCUT2D eigenvalue weighted by molar-refractivity contribution is 5.93. The second kappa shape index (κ2) is 5.48. The Bertz CT molecular complexity index is 848. The van der Waals surface area contributed by atoms with Gasteiger partial charge in [0.05, 0.1) is 12.0 Å². The predicted molar refractivity (Wildman–Crippen MR) is 82.1 cm³/mol. The van der Waals surface area contributed by atoms with Crippen molar-refractivity contribution < 1.29 is 14.3 Å². The molecule has 3 aromatic rings. The first kappa shape index (κ1) is 13.5. The minimum Gasteiger partial charge on any atom is -0.507 e. The Morgan fingerprint density at radius 2 is 2.00 bits per heavy atom. The highest BCUT2D eigenvalue weighted by Gasteiger charge is 2.13. The van der Waals surface area contributed by atoms with Crippen molar-refractivity contribution in [2.45, 2.75) is 19.8 Å². The van der Waals surface area contributed by atoms with Crippen LogP contribution in [0, 0.1) is 0 Å². The summed E-state index contributed by atoms with van der Waals surface area (Å²) < 4.78 is 11.3. The molecule has 1 N–H and O–H groups in total. The zero-order valence-corrected chi connectivity index (χ0v) is 11.8. The fraction of sp³-hybridized carbons (Fsp3) is 0.235. The number of unbranched alkanes of at least 4 members (excludes halogenated alkanes) is 1. The Labute approximate surface area is 121 Å². The normalized spacial score (nSPS) is 11.1. The molecule has 0 saturated heterocycles. The van der Waals surface area contributed by atoms with Crippen LogP contribution >= 0.6 is 0 Å². The van der Waals surface area contributed by atoms with Crippen LogP contribution in [0.1, 0.15) is 19.8 Å². The van der Waals surface area contributed by atoms with E-state index in [1.165, 1.54) is 6.07 Å². The molecular weight excluding hydrogens is 268 g/mol. The average molecular weight is 284 g/mol. The third-order valence-corrected chi connectivity index (χ3v) is 3.40. The average Bonchev–Trinajstić information content (AvgIpc) is 2.47. The van der Waals surface area contributed by atoms with Crippen molar-refractivity contribution in [1.82, 2.24) is 0 Å². The second-order valence-corrected chi connectivity index (χ2v) is 4.94. The molecule has 2 aromatic carbocycles. The summed E-state index contributed by atoms with van der Waals surface area (Å²) in [6, 6.07) is 10.1. The lowest BCUT2D eigenvalue weighted by atomic mass is 10.1. The minimum absolute atomic E-state index is 0.112. The van der Waals surface area contributed by atoms with Gasteiger partial charge in [0.15, 0.2) is 0 Å². The Hall–Kier alpha value is -2.49. The van der Waals surface area contributed by atoms with Crippen molar-refractivity contribution in [3.05, 3.63) is 46.6 Å². The molecule has 0 amide bonds. The van der Waals surface area contributed by atoms with E-state index in [0.29, 0.717) is 28.9 Å². The molecule has 0 spiro atoms. The van der Waals surface area contributed by atoms with Gasteiger partial charge in [0.1, 0.15) is 28.1 Å². The number of para-hydroxylation sites is 1. The summed E-state index contributed by atoms with van der Waals surface area (Å²) in [5.41, 5.74) is 0.606. The van der Waals surface area contributed by atoms with E-state index in [1.54, 1.807) is 30.3 Å². The number of hydrogen-bond donors (Lipinski definition) is 1. The van der Waals surface area contributed by atoms with Crippen molar-refractivity contribution in [3.63, 3.8) is 0 Å². The Kier molecular flexibility index (Phi) is 3.52. The molecule has 4 heteroatoms. The van der Waals surface area contributed by atoms with Crippen LogP contribution < -0.4 is 10.2 Å². The maximum Gasteiger partial charge on any atom is 0.204 e. The van der Waals surface area contributed by atoms with E-state index in [1.807, 2.05) is 0 Å². The number of hydrogen-bond acceptors (Lipinski definition) is 4. The molecule has 1 aromatic heterocycles. The molecule has 1 heterocycles. The van der Waals surface area contributed by atoms with E-state index in [9.17, 15) is 9.90 Å². The molecule has 0 saturated carbocycles. The van der Waals surface area contributed by atoms with Gasteiger partial charge in [0.25, 0.3) is 0 Å². The summed E-state index contributed by atoms with van der Waals surface area (Å²) in [6.45, 7) is 2.64. The first-order chi connectivity index (χ1) is 10.2. The molecule has 0 fully saturated rings. The fourth-order valence-electron chi connectivity index (χ4n) is 2.30. The number of phenolic OH excluding ortho intramolecular Hbond substituents is 1. The molecule has 0 unspecified atom stereocenters. The lowest BCUT2D eigenvalue weighted by Gasteiger charge is -2.08. The summed E-state index contributed by atoms with van der Waals surface area (Å²) in [7, 11) is 0. The van der Waals surface area contributed by atoms with Gasteiger partial charge in [0.2, 0.25) is 5.43 Å². The monoisotopic (exact) mass is 284 g/mol. The van der Waals surface area contributed by atoms with Crippen LogP contribution in [0.15, 0.2) is 45.6 Å². The fourth-order valence-corrected chi connectivity index (χ4v) is 2.30. The summed E-state index contributed by atoms with van der Waals surface area (Å²) in [5.74, 6) is 0.394. The van der Waals surface area contributed by atoms with Crippen LogP contribution in [0.2, 0.25) is 0 Å². The number of rotatable bonds is 4. The van der Waals surface area contributed by atoms with Crippen LogP contribution in [0.5, 0.6) is 11.5 Å². The van der Waals surface area contributed by atoms with Gasteiger partial charge in [-0.25, -0.2) is 0 Å². The molecule has 0 aliphatic heterocycles. The van der Waals surface area contributed by atoms with Crippen LogP contribution in [-0.4, -0.2) is 11.7 Å². The Morgan fingerprint density at radius 3 is 2.81 bits per heavy atom. The molecule has 21 heavy (non-hydrogen) atoms. The van der Waals surface area contributed by atoms with Crippen molar-refractivity contribution >= 4 is 21.9 Å². The number of benzene rings is 2. The highest BCUT2D eigenvalue weighted by atomic mass is 16.5. The summed E-state index contributed by atoms with van der Waals surface area (Å²) in [5, 5.41) is 10.8. The molecule has 0 radical (unpaired) electrons. The zero-order valence-electron chi connectivity index (χ0n) is 11.8. The van der Waals surface area contributed by atoms with E-state index in [4.69, 9.17) is 9.15 Å². The Balaban J connectivity index is 2.18. The number of aromatic hydroxyl groups is 1. The third-order valence-electron chi connectivity index (χ3n) is 3.40. The van der Waals surface area contributed by atoms with Crippen molar-refractivity contribution in [2.75, 3.05) is 6.61 Å². The van der Waals surface area contributed by atoms with Crippen LogP contribution in [0.4, 0.5) is 0 Å². The smallest absolute Gasteiger partial charge is 0.204 e. The third kappa shape index (κ3) is 2.44. The lowest BCUT2D eigenvalue weighted by Crippen LogP contribution is -2.03. The first-order valence-electron chi connectivity index (χ1n) is 7.02. The maximum atomic E-state index is 12.4. The predicted octanol–water partition coefficient (Wildman–Crippen LogP) is 3.83. The lowest BCUT2D eigenvalue weighted by molar-refractivity contribution is 0.308. The van der Waals surface area contributed by atoms with Crippen molar-refractivity contribution in [3.8, 4) is 11.5 Å². The summed E-state index contributed by atoms with van der Waals surface area (Å²) in [6.07, 6.45) is 1.96. The van der Waals surface area contributed by atoms with E-state index < -0.39 is 0 Å². The maximum absolute atomic E-state index is 12.4.